The molecule has 15 aromatic carbocycles. The second kappa shape index (κ2) is 34.2. The van der Waals surface area contributed by atoms with Gasteiger partial charge in [-0.25, -0.2) is 34.7 Å². The number of rotatable bonds is 12. The zero-order valence-electron chi connectivity index (χ0n) is 74.9. The van der Waals surface area contributed by atoms with Crippen molar-refractivity contribution in [2.45, 2.75) is 0 Å². The van der Waals surface area contributed by atoms with Crippen LogP contribution in [0.2, 0.25) is 0 Å². The third-order valence-corrected chi connectivity index (χ3v) is 26.5. The fourth-order valence-corrected chi connectivity index (χ4v) is 20.3. The number of benzene rings is 15. The number of hydrogen-bond donors (Lipinski definition) is 0. The topological polar surface area (TPSA) is 183 Å². The minimum Gasteiger partial charge on any atom is -0.294 e. The zero-order chi connectivity index (χ0) is 93.4. The van der Waals surface area contributed by atoms with Gasteiger partial charge in [-0.15, -0.1) is 0 Å². The van der Waals surface area contributed by atoms with Crippen LogP contribution in [0.4, 0.5) is 5.69 Å². The van der Waals surface area contributed by atoms with Gasteiger partial charge in [0.1, 0.15) is 34.9 Å². The molecular weight excluding hydrogens is 1710 g/mol. The van der Waals surface area contributed by atoms with Crippen LogP contribution in [0.15, 0.2) is 449 Å². The van der Waals surface area contributed by atoms with Gasteiger partial charge in [0.15, 0.2) is 5.69 Å². The Labute approximate surface area is 801 Å². The van der Waals surface area contributed by atoms with Crippen LogP contribution in [0.25, 0.3) is 238 Å². The minimum atomic E-state index is 0.561. The molecule has 16 heteroatoms. The average molecular weight is 1790 g/mol. The molecule has 27 aromatic rings. The highest BCUT2D eigenvalue weighted by atomic mass is 15.2. The van der Waals surface area contributed by atoms with Gasteiger partial charge in [0.25, 0.3) is 0 Å². The first-order chi connectivity index (χ1) is 69.2. The van der Waals surface area contributed by atoms with E-state index in [0.29, 0.717) is 22.4 Å². The summed E-state index contributed by atoms with van der Waals surface area (Å²) in [4.78, 5) is 35.3. The van der Waals surface area contributed by atoms with Gasteiger partial charge in [-0.1, -0.05) is 267 Å². The van der Waals surface area contributed by atoms with Crippen LogP contribution in [-0.4, -0.2) is 57.3 Å². The lowest BCUT2D eigenvalue weighted by atomic mass is 10.1. The van der Waals surface area contributed by atoms with Crippen molar-refractivity contribution in [1.29, 1.82) is 15.8 Å². The molecule has 0 amide bonds. The molecule has 16 nitrogen and oxygen atoms in total. The molecule has 12 heterocycles. The van der Waals surface area contributed by atoms with Crippen LogP contribution in [0.1, 0.15) is 16.7 Å². The van der Waals surface area contributed by atoms with E-state index in [2.05, 4.69) is 342 Å². The number of aromatic nitrogens is 12. The fourth-order valence-electron chi connectivity index (χ4n) is 20.3. The molecule has 0 aliphatic heterocycles. The van der Waals surface area contributed by atoms with E-state index in [1.165, 1.54) is 43.1 Å². The molecule has 27 rings (SSSR count). The molecule has 140 heavy (non-hydrogen) atoms. The Hall–Kier alpha value is -20.0. The van der Waals surface area contributed by atoms with Crippen LogP contribution >= 0.6 is 0 Å². The van der Waals surface area contributed by atoms with E-state index < -0.39 is 0 Å². The lowest BCUT2D eigenvalue weighted by Crippen LogP contribution is -2.05. The summed E-state index contributed by atoms with van der Waals surface area (Å²) in [7, 11) is 0. The van der Waals surface area contributed by atoms with Crippen molar-refractivity contribution in [1.82, 2.24) is 57.3 Å². The molecule has 0 unspecified atom stereocenters. The summed E-state index contributed by atoms with van der Waals surface area (Å²) < 4.78 is 13.4. The van der Waals surface area contributed by atoms with Gasteiger partial charge in [0.05, 0.1) is 142 Å². The van der Waals surface area contributed by atoms with Crippen molar-refractivity contribution in [3.63, 3.8) is 0 Å². The number of fused-ring (bicyclic) bond motifs is 18. The van der Waals surface area contributed by atoms with Crippen LogP contribution in [0.5, 0.6) is 0 Å². The molecule has 0 saturated heterocycles. The molecular formula is C124H74N16. The van der Waals surface area contributed by atoms with Crippen molar-refractivity contribution in [3.8, 4) is 121 Å². The largest absolute Gasteiger partial charge is 0.294 e. The summed E-state index contributed by atoms with van der Waals surface area (Å²) >= 11 is 0. The summed E-state index contributed by atoms with van der Waals surface area (Å²) in [5.41, 5.74) is 25.5. The van der Waals surface area contributed by atoms with Crippen LogP contribution in [-0.2, 0) is 0 Å². The van der Waals surface area contributed by atoms with Gasteiger partial charge in [0, 0.05) is 98.0 Å². The van der Waals surface area contributed by atoms with Crippen molar-refractivity contribution < 1.29 is 0 Å². The van der Waals surface area contributed by atoms with E-state index >= 15 is 0 Å². The third kappa shape index (κ3) is 14.0. The maximum Gasteiger partial charge on any atom is 0.196 e. The van der Waals surface area contributed by atoms with E-state index in [9.17, 15) is 15.8 Å². The Balaban J connectivity index is 0.000000111. The Morgan fingerprint density at radius 2 is 0.414 bits per heavy atom. The molecule has 12 aromatic heterocycles. The van der Waals surface area contributed by atoms with E-state index in [1.54, 1.807) is 0 Å². The van der Waals surface area contributed by atoms with E-state index in [4.69, 9.17) is 36.5 Å². The lowest BCUT2D eigenvalue weighted by molar-refractivity contribution is 1.01. The normalized spacial score (nSPS) is 11.4. The standard InChI is InChI=1S/C42H24N6.2C41H25N5/c1-44-35-15-6-2-14-32(35)36-17-10-16-34(45-36)28-24-41(47-37-18-7-3-11-29(37)30-12-4-8-19-38(30)47)46-42(25-28)48-39-20-9-5-13-31(39)33-23-27(26-43)21-22-40(33)48;42-26-27-11-9-12-28(23-27)34-17-10-18-35(43-34)29-24-40(45-36-19-5-1-13-30(36)31-14-2-6-20-37(31)45)44-41(25-29)46-38-21-7-3-15-32(38)33-16-4-8-22-39(33)46;42-26-27-20-22-28(23-21-27)34-14-9-15-35(43-34)29-24-40(45-36-16-5-1-10-30(36)31-11-2-6-17-37(31)45)44-41(25-29)46-38-18-7-3-12-32(38)33-13-4-8-19-39(33)46/h2-25H;2*1-25H. The maximum atomic E-state index is 9.71. The Morgan fingerprint density at radius 3 is 0.721 bits per heavy atom. The van der Waals surface area contributed by atoms with Crippen LogP contribution < -0.4 is 0 Å². The minimum absolute atomic E-state index is 0.561. The van der Waals surface area contributed by atoms with Crippen molar-refractivity contribution in [3.05, 3.63) is 477 Å². The molecule has 0 fully saturated rings. The van der Waals surface area contributed by atoms with Crippen LogP contribution in [0.3, 0.4) is 0 Å². The monoisotopic (exact) mass is 1790 g/mol. The van der Waals surface area contributed by atoms with Crippen molar-refractivity contribution in [2.75, 3.05) is 0 Å². The van der Waals surface area contributed by atoms with E-state index in [1.807, 2.05) is 158 Å². The molecule has 0 aliphatic rings. The molecule has 0 saturated carbocycles. The number of hydrogen-bond acceptors (Lipinski definition) is 9. The first-order valence-electron chi connectivity index (χ1n) is 46.1. The van der Waals surface area contributed by atoms with Gasteiger partial charge in [-0.05, 0) is 182 Å². The number of nitriles is 3. The zero-order valence-corrected chi connectivity index (χ0v) is 74.9. The van der Waals surface area contributed by atoms with Crippen molar-refractivity contribution >= 4 is 137 Å². The predicted molar refractivity (Wildman–Crippen MR) is 565 cm³/mol. The third-order valence-electron chi connectivity index (χ3n) is 26.5. The van der Waals surface area contributed by atoms with Gasteiger partial charge in [-0.2, -0.15) is 15.8 Å². The number of para-hydroxylation sites is 12. The average Bonchev–Trinajstić information content (AvgIpc) is 1.58. The number of pyridine rings is 6. The van der Waals surface area contributed by atoms with Gasteiger partial charge >= 0.3 is 0 Å². The van der Waals surface area contributed by atoms with E-state index in [-0.39, 0.29) is 0 Å². The molecule has 0 N–H and O–H groups in total. The Bertz CT molecular complexity index is 9410. The first kappa shape index (κ1) is 81.9. The smallest absolute Gasteiger partial charge is 0.196 e. The van der Waals surface area contributed by atoms with Gasteiger partial charge < -0.3 is 0 Å². The van der Waals surface area contributed by atoms with Crippen molar-refractivity contribution in [2.24, 2.45) is 0 Å². The fraction of sp³-hybridized carbons (Fsp3) is 0. The molecule has 0 atom stereocenters. The molecule has 0 spiro atoms. The SMILES string of the molecule is N#Cc1ccc(-c2cccc(-c3cc(-n4c5ccccc5c5ccccc54)nc(-n4c5ccccc5c5ccccc54)c3)n2)cc1.N#Cc1cccc(-c2cccc(-c3cc(-n4c5ccccc5c5ccccc54)nc(-n4c5ccccc5c5ccccc54)c3)n2)c1.[C-]#[N+]c1ccccc1-c1cccc(-c2cc(-n3c4ccccc4c4ccccc43)nc(-n3c4ccccc4c4cc(C#N)ccc43)c2)n1. The maximum absolute atomic E-state index is 9.71. The summed E-state index contributed by atoms with van der Waals surface area (Å²) in [5.74, 6) is 4.74. The highest BCUT2D eigenvalue weighted by Crippen LogP contribution is 2.44. The highest BCUT2D eigenvalue weighted by molar-refractivity contribution is 6.15. The lowest BCUT2D eigenvalue weighted by Gasteiger charge is -2.15. The van der Waals surface area contributed by atoms with Gasteiger partial charge in [0.2, 0.25) is 0 Å². The Morgan fingerprint density at radius 1 is 0.179 bits per heavy atom. The molecule has 650 valence electrons. The first-order valence-corrected chi connectivity index (χ1v) is 46.1. The molecule has 0 bridgehead atoms. The van der Waals surface area contributed by atoms with E-state index in [0.717, 1.165) is 190 Å². The second-order valence-electron chi connectivity index (χ2n) is 34.5. The van der Waals surface area contributed by atoms with Gasteiger partial charge in [-0.3, -0.25) is 27.4 Å². The second-order valence-corrected chi connectivity index (χ2v) is 34.5. The summed E-state index contributed by atoms with van der Waals surface area (Å²) in [6.45, 7) is 7.72. The van der Waals surface area contributed by atoms with Crippen LogP contribution in [0, 0.1) is 40.6 Å². The number of nitrogens with zero attached hydrogens (tertiary/aromatic N) is 16. The quantitative estimate of drug-likeness (QED) is 0.107. The molecule has 0 aliphatic carbocycles. The summed E-state index contributed by atoms with van der Waals surface area (Å²) in [5, 5.41) is 42.3. The summed E-state index contributed by atoms with van der Waals surface area (Å²) in [6, 6.07) is 159. The highest BCUT2D eigenvalue weighted by Gasteiger charge is 2.26. The molecule has 0 radical (unpaired) electrons. The predicted octanol–water partition coefficient (Wildman–Crippen LogP) is 30.2. The summed E-state index contributed by atoms with van der Waals surface area (Å²) in [6.07, 6.45) is 0. The Kier molecular flexibility index (Phi) is 20.0.